The van der Waals surface area contributed by atoms with E-state index in [0.29, 0.717) is 13.2 Å². The van der Waals surface area contributed by atoms with Crippen LogP contribution in [0.15, 0.2) is 18.2 Å². The number of rotatable bonds is 7. The van der Waals surface area contributed by atoms with Crippen LogP contribution in [-0.4, -0.2) is 56.4 Å². The number of nitrogens with zero attached hydrogens (tertiary/aromatic N) is 1. The van der Waals surface area contributed by atoms with E-state index in [1.54, 1.807) is 7.11 Å². The molecule has 24 heavy (non-hydrogen) atoms. The van der Waals surface area contributed by atoms with Crippen LogP contribution in [0, 0.1) is 13.8 Å². The molecular formula is C19H30N2O3. The highest BCUT2D eigenvalue weighted by molar-refractivity contribution is 5.85. The van der Waals surface area contributed by atoms with Crippen molar-refractivity contribution in [3.63, 3.8) is 0 Å². The fraction of sp³-hybridized carbons (Fsp3) is 0.632. The molecule has 1 fully saturated rings. The summed E-state index contributed by atoms with van der Waals surface area (Å²) in [7, 11) is 1.68. The summed E-state index contributed by atoms with van der Waals surface area (Å²) in [4.78, 5) is 14.6. The zero-order chi connectivity index (χ0) is 17.5. The minimum absolute atomic E-state index is 0.160. The third-order valence-electron chi connectivity index (χ3n) is 4.61. The van der Waals surface area contributed by atoms with Crippen molar-refractivity contribution < 1.29 is 14.3 Å². The smallest absolute Gasteiger partial charge is 0.244 e. The lowest BCUT2D eigenvalue weighted by molar-refractivity contribution is -0.134. The van der Waals surface area contributed by atoms with Crippen LogP contribution in [0.5, 0.6) is 0 Å². The molecule has 5 nitrogen and oxygen atoms in total. The molecule has 1 atom stereocenters. The Kier molecular flexibility index (Phi) is 7.06. The van der Waals surface area contributed by atoms with Crippen molar-refractivity contribution in [2.75, 3.05) is 38.7 Å². The number of amides is 1. The van der Waals surface area contributed by atoms with Gasteiger partial charge in [0.15, 0.2) is 0 Å². The number of likely N-dealkylation sites (tertiary alicyclic amines) is 1. The molecule has 0 spiro atoms. The predicted octanol–water partition coefficient (Wildman–Crippen LogP) is 2.76. The number of para-hydroxylation sites is 1. The molecule has 0 aromatic heterocycles. The number of hydrogen-bond acceptors (Lipinski definition) is 4. The SMILES string of the molecule is COCCOC1CCN(C(=O)C(C)Nc2c(C)cccc2C)CC1. The van der Waals surface area contributed by atoms with Crippen molar-refractivity contribution in [2.24, 2.45) is 0 Å². The van der Waals surface area contributed by atoms with Crippen LogP contribution in [0.25, 0.3) is 0 Å². The summed E-state index contributed by atoms with van der Waals surface area (Å²) >= 11 is 0. The number of piperidine rings is 1. The molecule has 2 rings (SSSR count). The third-order valence-corrected chi connectivity index (χ3v) is 4.61. The molecule has 1 aliphatic rings. The largest absolute Gasteiger partial charge is 0.382 e. The first-order valence-electron chi connectivity index (χ1n) is 8.75. The van der Waals surface area contributed by atoms with Gasteiger partial charge in [-0.3, -0.25) is 4.79 Å². The Balaban J connectivity index is 1.84. The monoisotopic (exact) mass is 334 g/mol. The van der Waals surface area contributed by atoms with Gasteiger partial charge in [0.05, 0.1) is 19.3 Å². The highest BCUT2D eigenvalue weighted by atomic mass is 16.5. The summed E-state index contributed by atoms with van der Waals surface area (Å²) in [5.74, 6) is 0.160. The molecule has 1 unspecified atom stereocenters. The fourth-order valence-electron chi connectivity index (χ4n) is 3.14. The second kappa shape index (κ2) is 9.04. The number of nitrogens with one attached hydrogen (secondary N) is 1. The van der Waals surface area contributed by atoms with E-state index in [1.165, 1.54) is 11.1 Å². The van der Waals surface area contributed by atoms with E-state index in [1.807, 2.05) is 17.9 Å². The predicted molar refractivity (Wildman–Crippen MR) is 96.4 cm³/mol. The zero-order valence-corrected chi connectivity index (χ0v) is 15.3. The highest BCUT2D eigenvalue weighted by Gasteiger charge is 2.26. The van der Waals surface area contributed by atoms with E-state index in [-0.39, 0.29) is 18.1 Å². The van der Waals surface area contributed by atoms with Crippen molar-refractivity contribution in [2.45, 2.75) is 45.8 Å². The van der Waals surface area contributed by atoms with Gasteiger partial charge in [0, 0.05) is 25.9 Å². The maximum atomic E-state index is 12.7. The van der Waals surface area contributed by atoms with E-state index in [9.17, 15) is 4.79 Å². The average molecular weight is 334 g/mol. The molecule has 5 heteroatoms. The summed E-state index contributed by atoms with van der Waals surface area (Å²) < 4.78 is 10.8. The number of carbonyl (C=O) groups is 1. The summed E-state index contributed by atoms with van der Waals surface area (Å²) in [5, 5.41) is 3.39. The second-order valence-electron chi connectivity index (χ2n) is 6.52. The Morgan fingerprint density at radius 2 is 1.88 bits per heavy atom. The minimum Gasteiger partial charge on any atom is -0.382 e. The van der Waals surface area contributed by atoms with Crippen LogP contribution in [0.1, 0.15) is 30.9 Å². The molecule has 0 saturated carbocycles. The Labute approximate surface area is 145 Å². The number of hydrogen-bond donors (Lipinski definition) is 1. The molecule has 1 aliphatic heterocycles. The lowest BCUT2D eigenvalue weighted by Gasteiger charge is -2.34. The van der Waals surface area contributed by atoms with Gasteiger partial charge >= 0.3 is 0 Å². The van der Waals surface area contributed by atoms with Gasteiger partial charge in [-0.15, -0.1) is 0 Å². The maximum Gasteiger partial charge on any atom is 0.244 e. The van der Waals surface area contributed by atoms with E-state index < -0.39 is 0 Å². The molecule has 1 saturated heterocycles. The molecule has 1 heterocycles. The van der Waals surface area contributed by atoms with Crippen molar-refractivity contribution in [3.8, 4) is 0 Å². The van der Waals surface area contributed by atoms with Crippen molar-refractivity contribution in [1.29, 1.82) is 0 Å². The number of methoxy groups -OCH3 is 1. The van der Waals surface area contributed by atoms with Crippen LogP contribution >= 0.6 is 0 Å². The first-order valence-corrected chi connectivity index (χ1v) is 8.75. The molecule has 1 N–H and O–H groups in total. The first-order chi connectivity index (χ1) is 11.5. The highest BCUT2D eigenvalue weighted by Crippen LogP contribution is 2.21. The molecule has 1 aromatic rings. The number of benzene rings is 1. The number of anilines is 1. The normalized spacial score (nSPS) is 16.9. The Morgan fingerprint density at radius 3 is 2.46 bits per heavy atom. The van der Waals surface area contributed by atoms with Gasteiger partial charge in [-0.25, -0.2) is 0 Å². The molecular weight excluding hydrogens is 304 g/mol. The summed E-state index contributed by atoms with van der Waals surface area (Å²) in [6, 6.07) is 5.94. The minimum atomic E-state index is -0.226. The lowest BCUT2D eigenvalue weighted by atomic mass is 10.1. The topological polar surface area (TPSA) is 50.8 Å². The van der Waals surface area contributed by atoms with Crippen molar-refractivity contribution in [3.05, 3.63) is 29.3 Å². The lowest BCUT2D eigenvalue weighted by Crippen LogP contribution is -2.47. The number of carbonyl (C=O) groups excluding carboxylic acids is 1. The summed E-state index contributed by atoms with van der Waals surface area (Å²) in [5.41, 5.74) is 3.40. The van der Waals surface area contributed by atoms with Crippen molar-refractivity contribution in [1.82, 2.24) is 4.90 Å². The van der Waals surface area contributed by atoms with Gasteiger partial charge in [-0.2, -0.15) is 0 Å². The average Bonchev–Trinajstić information content (AvgIpc) is 2.58. The number of ether oxygens (including phenoxy) is 2. The molecule has 1 aromatic carbocycles. The van der Waals surface area contributed by atoms with Crippen LogP contribution in [0.4, 0.5) is 5.69 Å². The van der Waals surface area contributed by atoms with Crippen LogP contribution in [0.3, 0.4) is 0 Å². The molecule has 134 valence electrons. The van der Waals surface area contributed by atoms with Gasteiger partial charge in [0.25, 0.3) is 0 Å². The standard InChI is InChI=1S/C19H30N2O3/c1-14-6-5-7-15(2)18(14)20-16(3)19(22)21-10-8-17(9-11-21)24-13-12-23-4/h5-7,16-17,20H,8-13H2,1-4H3. The van der Waals surface area contributed by atoms with Crippen LogP contribution < -0.4 is 5.32 Å². The Bertz CT molecular complexity index is 519. The van der Waals surface area contributed by atoms with Gasteiger partial charge in [0.2, 0.25) is 5.91 Å². The molecule has 1 amide bonds. The van der Waals surface area contributed by atoms with E-state index >= 15 is 0 Å². The van der Waals surface area contributed by atoms with Gasteiger partial charge in [-0.1, -0.05) is 18.2 Å². The molecule has 0 radical (unpaired) electrons. The summed E-state index contributed by atoms with van der Waals surface area (Å²) in [6.45, 7) is 8.83. The summed E-state index contributed by atoms with van der Waals surface area (Å²) in [6.07, 6.45) is 2.03. The molecule has 0 aliphatic carbocycles. The Morgan fingerprint density at radius 1 is 1.25 bits per heavy atom. The van der Waals surface area contributed by atoms with E-state index in [2.05, 4.69) is 31.3 Å². The van der Waals surface area contributed by atoms with Gasteiger partial charge in [-0.05, 0) is 44.7 Å². The third kappa shape index (κ3) is 4.95. The zero-order valence-electron chi connectivity index (χ0n) is 15.3. The van der Waals surface area contributed by atoms with Crippen molar-refractivity contribution >= 4 is 11.6 Å². The maximum absolute atomic E-state index is 12.7. The number of aryl methyl sites for hydroxylation is 2. The Hall–Kier alpha value is -1.59. The van der Waals surface area contributed by atoms with Gasteiger partial charge in [0.1, 0.15) is 6.04 Å². The fourth-order valence-corrected chi connectivity index (χ4v) is 3.14. The first kappa shape index (κ1) is 18.7. The van der Waals surface area contributed by atoms with Gasteiger partial charge < -0.3 is 19.7 Å². The quantitative estimate of drug-likeness (QED) is 0.779. The van der Waals surface area contributed by atoms with E-state index in [4.69, 9.17) is 9.47 Å². The second-order valence-corrected chi connectivity index (χ2v) is 6.52. The van der Waals surface area contributed by atoms with E-state index in [0.717, 1.165) is 31.6 Å². The van der Waals surface area contributed by atoms with Crippen LogP contribution in [0.2, 0.25) is 0 Å². The molecule has 0 bridgehead atoms. The van der Waals surface area contributed by atoms with Crippen LogP contribution in [-0.2, 0) is 14.3 Å².